The molecule has 0 radical (unpaired) electrons. The SMILES string of the molecule is CN(c1ccccc1NS(C)(=O)=O)S(C)(=O)=O. The highest BCUT2D eigenvalue weighted by Crippen LogP contribution is 2.26. The second-order valence-corrected chi connectivity index (χ2v) is 7.38. The highest BCUT2D eigenvalue weighted by Gasteiger charge is 2.16. The van der Waals surface area contributed by atoms with Crippen molar-refractivity contribution in [3.05, 3.63) is 24.3 Å². The number of rotatable bonds is 4. The number of benzene rings is 1. The molecule has 1 N–H and O–H groups in total. The zero-order chi connectivity index (χ0) is 13.3. The average molecular weight is 278 g/mol. The maximum Gasteiger partial charge on any atom is 0.232 e. The number of nitrogens with one attached hydrogen (secondary N) is 1. The number of anilines is 2. The number of sulfonamides is 2. The van der Waals surface area contributed by atoms with Crippen molar-refractivity contribution in [1.82, 2.24) is 0 Å². The van der Waals surface area contributed by atoms with Crippen LogP contribution in [0.1, 0.15) is 0 Å². The lowest BCUT2D eigenvalue weighted by Gasteiger charge is -2.20. The van der Waals surface area contributed by atoms with Crippen molar-refractivity contribution in [1.29, 1.82) is 0 Å². The molecule has 0 spiro atoms. The van der Waals surface area contributed by atoms with Crippen LogP contribution in [0.3, 0.4) is 0 Å². The van der Waals surface area contributed by atoms with Crippen LogP contribution in [0.25, 0.3) is 0 Å². The minimum atomic E-state index is -3.45. The first-order valence-electron chi connectivity index (χ1n) is 4.62. The topological polar surface area (TPSA) is 83.6 Å². The summed E-state index contributed by atoms with van der Waals surface area (Å²) < 4.78 is 48.4. The van der Waals surface area contributed by atoms with Gasteiger partial charge in [-0.1, -0.05) is 12.1 Å². The van der Waals surface area contributed by atoms with Crippen molar-refractivity contribution in [2.24, 2.45) is 0 Å². The third kappa shape index (κ3) is 3.90. The lowest BCUT2D eigenvalue weighted by Crippen LogP contribution is -2.26. The molecular formula is C9H14N2O4S2. The Labute approximate surface area is 101 Å². The molecule has 0 aliphatic heterocycles. The first-order valence-corrected chi connectivity index (χ1v) is 8.36. The highest BCUT2D eigenvalue weighted by atomic mass is 32.2. The lowest BCUT2D eigenvalue weighted by molar-refractivity contribution is 0.599. The summed E-state index contributed by atoms with van der Waals surface area (Å²) >= 11 is 0. The van der Waals surface area contributed by atoms with Gasteiger partial charge in [0.25, 0.3) is 0 Å². The van der Waals surface area contributed by atoms with Crippen LogP contribution in [-0.2, 0) is 20.0 Å². The van der Waals surface area contributed by atoms with E-state index in [9.17, 15) is 16.8 Å². The zero-order valence-electron chi connectivity index (χ0n) is 9.71. The summed E-state index contributed by atoms with van der Waals surface area (Å²) in [6.07, 6.45) is 2.05. The number of hydrogen-bond acceptors (Lipinski definition) is 4. The van der Waals surface area contributed by atoms with Gasteiger partial charge in [0.2, 0.25) is 20.0 Å². The maximum absolute atomic E-state index is 11.4. The van der Waals surface area contributed by atoms with Crippen molar-refractivity contribution < 1.29 is 16.8 Å². The third-order valence-corrected chi connectivity index (χ3v) is 3.82. The first-order chi connectivity index (χ1) is 7.61. The molecular weight excluding hydrogens is 264 g/mol. The molecule has 1 aromatic carbocycles. The molecule has 8 heteroatoms. The van der Waals surface area contributed by atoms with Gasteiger partial charge in [0.05, 0.1) is 23.9 Å². The van der Waals surface area contributed by atoms with E-state index in [1.165, 1.54) is 19.2 Å². The molecule has 1 rings (SSSR count). The molecule has 0 atom stereocenters. The van der Waals surface area contributed by atoms with E-state index in [4.69, 9.17) is 0 Å². The van der Waals surface area contributed by atoms with Crippen LogP contribution in [-0.4, -0.2) is 36.4 Å². The van der Waals surface area contributed by atoms with Crippen molar-refractivity contribution >= 4 is 31.4 Å². The third-order valence-electron chi connectivity index (χ3n) is 2.04. The van der Waals surface area contributed by atoms with Gasteiger partial charge in [-0.25, -0.2) is 16.8 Å². The molecule has 0 saturated carbocycles. The molecule has 0 fully saturated rings. The Balaban J connectivity index is 3.26. The van der Waals surface area contributed by atoms with E-state index >= 15 is 0 Å². The Kier molecular flexibility index (Phi) is 3.68. The summed E-state index contributed by atoms with van der Waals surface area (Å²) in [5.41, 5.74) is 0.503. The minimum absolute atomic E-state index is 0.225. The number of para-hydroxylation sites is 2. The average Bonchev–Trinajstić information content (AvgIpc) is 2.13. The molecule has 17 heavy (non-hydrogen) atoms. The smallest absolute Gasteiger partial charge is 0.232 e. The van der Waals surface area contributed by atoms with Crippen LogP contribution in [0.4, 0.5) is 11.4 Å². The van der Waals surface area contributed by atoms with Crippen LogP contribution in [0.5, 0.6) is 0 Å². The monoisotopic (exact) mass is 278 g/mol. The molecule has 0 unspecified atom stereocenters. The van der Waals surface area contributed by atoms with Gasteiger partial charge in [-0.05, 0) is 12.1 Å². The molecule has 0 bridgehead atoms. The van der Waals surface area contributed by atoms with Crippen LogP contribution in [0.15, 0.2) is 24.3 Å². The van der Waals surface area contributed by atoms with Crippen molar-refractivity contribution in [2.75, 3.05) is 28.6 Å². The molecule has 1 aromatic rings. The van der Waals surface area contributed by atoms with E-state index in [2.05, 4.69) is 4.72 Å². The standard InChI is InChI=1S/C9H14N2O4S2/c1-11(17(3,14)15)9-7-5-4-6-8(9)10-16(2,12)13/h4-7,10H,1-3H3. The molecule has 0 aliphatic carbocycles. The normalized spacial score (nSPS) is 12.2. The van der Waals surface area contributed by atoms with Gasteiger partial charge in [-0.15, -0.1) is 0 Å². The van der Waals surface area contributed by atoms with E-state index in [1.807, 2.05) is 0 Å². The van der Waals surface area contributed by atoms with Crippen LogP contribution >= 0.6 is 0 Å². The van der Waals surface area contributed by atoms with Crippen LogP contribution in [0, 0.1) is 0 Å². The Morgan fingerprint density at radius 2 is 1.59 bits per heavy atom. The first kappa shape index (κ1) is 13.8. The second kappa shape index (κ2) is 4.53. The fraction of sp³-hybridized carbons (Fsp3) is 0.333. The number of hydrogen-bond donors (Lipinski definition) is 1. The number of nitrogens with zero attached hydrogens (tertiary/aromatic N) is 1. The zero-order valence-corrected chi connectivity index (χ0v) is 11.3. The molecule has 0 saturated heterocycles. The van der Waals surface area contributed by atoms with Gasteiger partial charge >= 0.3 is 0 Å². The summed E-state index contributed by atoms with van der Waals surface area (Å²) in [6, 6.07) is 6.27. The summed E-state index contributed by atoms with van der Waals surface area (Å²) in [5.74, 6) is 0. The van der Waals surface area contributed by atoms with Crippen LogP contribution in [0.2, 0.25) is 0 Å². The Morgan fingerprint density at radius 3 is 2.06 bits per heavy atom. The van der Waals surface area contributed by atoms with Crippen LogP contribution < -0.4 is 9.03 Å². The summed E-state index contributed by atoms with van der Waals surface area (Å²) in [4.78, 5) is 0. The Bertz CT molecular complexity index is 608. The van der Waals surface area contributed by atoms with Crippen molar-refractivity contribution in [3.63, 3.8) is 0 Å². The minimum Gasteiger partial charge on any atom is -0.282 e. The van der Waals surface area contributed by atoms with Gasteiger partial charge in [0.15, 0.2) is 0 Å². The van der Waals surface area contributed by atoms with Crippen molar-refractivity contribution in [3.8, 4) is 0 Å². The Morgan fingerprint density at radius 1 is 1.06 bits per heavy atom. The van der Waals surface area contributed by atoms with E-state index in [-0.39, 0.29) is 11.4 Å². The summed E-state index contributed by atoms with van der Waals surface area (Å²) in [6.45, 7) is 0. The van der Waals surface area contributed by atoms with E-state index < -0.39 is 20.0 Å². The van der Waals surface area contributed by atoms with Gasteiger partial charge < -0.3 is 0 Å². The molecule has 0 aromatic heterocycles. The van der Waals surface area contributed by atoms with Gasteiger partial charge in [0, 0.05) is 7.05 Å². The van der Waals surface area contributed by atoms with E-state index in [1.54, 1.807) is 12.1 Å². The Hall–Kier alpha value is -1.28. The second-order valence-electron chi connectivity index (χ2n) is 3.62. The summed E-state index contributed by atoms with van der Waals surface area (Å²) in [5, 5.41) is 0. The van der Waals surface area contributed by atoms with Crippen molar-refractivity contribution in [2.45, 2.75) is 0 Å². The lowest BCUT2D eigenvalue weighted by atomic mass is 10.3. The highest BCUT2D eigenvalue weighted by molar-refractivity contribution is 7.92. The predicted octanol–water partition coefficient (Wildman–Crippen LogP) is 0.454. The quantitative estimate of drug-likeness (QED) is 0.867. The fourth-order valence-corrected chi connectivity index (χ4v) is 2.30. The fourth-order valence-electron chi connectivity index (χ4n) is 1.21. The van der Waals surface area contributed by atoms with Gasteiger partial charge in [-0.2, -0.15) is 0 Å². The van der Waals surface area contributed by atoms with Gasteiger partial charge in [0.1, 0.15) is 0 Å². The largest absolute Gasteiger partial charge is 0.282 e. The predicted molar refractivity (Wildman–Crippen MR) is 68.2 cm³/mol. The molecule has 0 aliphatic rings. The molecule has 0 amide bonds. The summed E-state index contributed by atoms with van der Waals surface area (Å²) in [7, 11) is -5.53. The maximum atomic E-state index is 11.4. The molecule has 6 nitrogen and oxygen atoms in total. The van der Waals surface area contributed by atoms with E-state index in [0.717, 1.165) is 16.8 Å². The molecule has 0 heterocycles. The van der Waals surface area contributed by atoms with Gasteiger partial charge in [-0.3, -0.25) is 9.03 Å². The molecule has 96 valence electrons. The van der Waals surface area contributed by atoms with E-state index in [0.29, 0.717) is 0 Å².